The average molecular weight is 330 g/mol. The molecule has 2 aromatic heterocycles. The number of hydrogen-bond acceptors (Lipinski definition) is 5. The Morgan fingerprint density at radius 3 is 3.00 bits per heavy atom. The van der Waals surface area contributed by atoms with Crippen molar-refractivity contribution in [3.05, 3.63) is 58.7 Å². The third-order valence-corrected chi connectivity index (χ3v) is 4.81. The molecular weight excluding hydrogens is 312 g/mol. The second kappa shape index (κ2) is 6.95. The van der Waals surface area contributed by atoms with Crippen molar-refractivity contribution < 1.29 is 14.6 Å². The maximum Gasteiger partial charge on any atom is 0.354 e. The van der Waals surface area contributed by atoms with E-state index in [0.29, 0.717) is 18.8 Å². The second-order valence-electron chi connectivity index (χ2n) is 5.25. The van der Waals surface area contributed by atoms with Gasteiger partial charge in [0.05, 0.1) is 7.11 Å². The van der Waals surface area contributed by atoms with Crippen LogP contribution in [0.2, 0.25) is 0 Å². The molecule has 0 radical (unpaired) electrons. The zero-order valence-electron chi connectivity index (χ0n) is 12.7. The highest BCUT2D eigenvalue weighted by Gasteiger charge is 2.12. The molecule has 0 saturated heterocycles. The maximum absolute atomic E-state index is 11.4. The van der Waals surface area contributed by atoms with E-state index in [2.05, 4.69) is 21.1 Å². The predicted octanol–water partition coefficient (Wildman–Crippen LogP) is 2.84. The van der Waals surface area contributed by atoms with Gasteiger partial charge >= 0.3 is 5.97 Å². The summed E-state index contributed by atoms with van der Waals surface area (Å²) in [5.41, 5.74) is 1.36. The fraction of sp³-hybridized carbons (Fsp3) is 0.235. The summed E-state index contributed by atoms with van der Waals surface area (Å²) in [5, 5.41) is 14.6. The first kappa shape index (κ1) is 15.7. The molecule has 3 rings (SSSR count). The van der Waals surface area contributed by atoms with Gasteiger partial charge in [-0.2, -0.15) is 0 Å². The third-order valence-electron chi connectivity index (χ3n) is 3.59. The number of carbonyl (C=O) groups is 1. The molecule has 5 nitrogen and oxygen atoms in total. The van der Waals surface area contributed by atoms with Gasteiger partial charge in [-0.05, 0) is 29.1 Å². The van der Waals surface area contributed by atoms with Crippen LogP contribution in [0.25, 0.3) is 10.1 Å². The van der Waals surface area contributed by atoms with Crippen LogP contribution >= 0.6 is 11.3 Å². The lowest BCUT2D eigenvalue weighted by Gasteiger charge is -2.09. The Morgan fingerprint density at radius 2 is 2.22 bits per heavy atom. The predicted molar refractivity (Wildman–Crippen MR) is 90.6 cm³/mol. The van der Waals surface area contributed by atoms with E-state index in [9.17, 15) is 9.90 Å². The normalized spacial score (nSPS) is 12.4. The molecule has 0 saturated carbocycles. The Bertz CT molecular complexity index is 776. The van der Waals surface area contributed by atoms with Gasteiger partial charge in [-0.3, -0.25) is 0 Å². The van der Waals surface area contributed by atoms with E-state index in [0.717, 1.165) is 15.8 Å². The number of H-pyrrole nitrogens is 1. The zero-order chi connectivity index (χ0) is 16.2. The highest BCUT2D eigenvalue weighted by Crippen LogP contribution is 2.29. The molecule has 0 aliphatic heterocycles. The van der Waals surface area contributed by atoms with Gasteiger partial charge in [0.25, 0.3) is 0 Å². The van der Waals surface area contributed by atoms with Crippen molar-refractivity contribution in [2.45, 2.75) is 12.6 Å². The molecule has 3 N–H and O–H groups in total. The van der Waals surface area contributed by atoms with Crippen LogP contribution in [0.15, 0.2) is 42.6 Å². The summed E-state index contributed by atoms with van der Waals surface area (Å²) >= 11 is 1.61. The Labute approximate surface area is 137 Å². The van der Waals surface area contributed by atoms with Crippen LogP contribution in [0.4, 0.5) is 0 Å². The van der Waals surface area contributed by atoms with Crippen LogP contribution in [-0.4, -0.2) is 29.7 Å². The first-order valence-corrected chi connectivity index (χ1v) is 8.12. The molecule has 0 aliphatic rings. The number of hydrogen-bond donors (Lipinski definition) is 3. The molecule has 23 heavy (non-hydrogen) atoms. The molecule has 0 amide bonds. The van der Waals surface area contributed by atoms with E-state index in [1.54, 1.807) is 23.6 Å². The first-order valence-electron chi connectivity index (χ1n) is 7.30. The fourth-order valence-corrected chi connectivity index (χ4v) is 3.44. The van der Waals surface area contributed by atoms with Crippen molar-refractivity contribution in [2.24, 2.45) is 0 Å². The van der Waals surface area contributed by atoms with E-state index in [1.807, 2.05) is 24.3 Å². The van der Waals surface area contributed by atoms with Gasteiger partial charge in [0.15, 0.2) is 0 Å². The highest BCUT2D eigenvalue weighted by molar-refractivity contribution is 7.19. The molecule has 2 heterocycles. The Morgan fingerprint density at radius 1 is 1.39 bits per heavy atom. The number of methoxy groups -OCH3 is 1. The monoisotopic (exact) mass is 330 g/mol. The number of aliphatic hydroxyl groups excluding tert-OH is 1. The number of carbonyl (C=O) groups excluding carboxylic acids is 1. The highest BCUT2D eigenvalue weighted by atomic mass is 32.1. The number of fused-ring (bicyclic) bond motifs is 1. The maximum atomic E-state index is 11.4. The fourth-order valence-electron chi connectivity index (χ4n) is 2.39. The van der Waals surface area contributed by atoms with Crippen LogP contribution in [0.5, 0.6) is 0 Å². The van der Waals surface area contributed by atoms with Gasteiger partial charge in [0.1, 0.15) is 11.8 Å². The molecule has 1 aromatic carbocycles. The molecule has 6 heteroatoms. The summed E-state index contributed by atoms with van der Waals surface area (Å²) < 4.78 is 5.83. The van der Waals surface area contributed by atoms with Gasteiger partial charge in [0, 0.05) is 28.9 Å². The van der Waals surface area contributed by atoms with Gasteiger partial charge in [-0.25, -0.2) is 4.79 Å². The molecular formula is C17H18N2O3S. The number of esters is 1. The molecule has 0 aliphatic carbocycles. The van der Waals surface area contributed by atoms with Crippen molar-refractivity contribution in [3.63, 3.8) is 0 Å². The number of aromatic nitrogens is 1. The van der Waals surface area contributed by atoms with Gasteiger partial charge in [-0.1, -0.05) is 18.2 Å². The summed E-state index contributed by atoms with van der Waals surface area (Å²) in [6.07, 6.45) is 1.21. The zero-order valence-corrected chi connectivity index (χ0v) is 13.5. The Balaban J connectivity index is 1.55. The number of rotatable bonds is 6. The number of ether oxygens (including phenoxy) is 1. The minimum Gasteiger partial charge on any atom is -0.464 e. The van der Waals surface area contributed by atoms with Crippen molar-refractivity contribution in [2.75, 3.05) is 13.7 Å². The molecule has 1 atom stereocenters. The topological polar surface area (TPSA) is 74.3 Å². The minimum absolute atomic E-state index is 0.387. The third kappa shape index (κ3) is 3.61. The first-order chi connectivity index (χ1) is 11.2. The van der Waals surface area contributed by atoms with Crippen LogP contribution in [0.1, 0.15) is 27.0 Å². The SMILES string of the molecule is COC(=O)c1cc(CNCC(O)c2cc3ccccc3s2)c[nH]1. The van der Waals surface area contributed by atoms with Crippen molar-refractivity contribution in [1.82, 2.24) is 10.3 Å². The minimum atomic E-state index is -0.550. The van der Waals surface area contributed by atoms with Crippen LogP contribution in [0.3, 0.4) is 0 Å². The van der Waals surface area contributed by atoms with Crippen molar-refractivity contribution in [3.8, 4) is 0 Å². The lowest BCUT2D eigenvalue weighted by Crippen LogP contribution is -2.20. The van der Waals surface area contributed by atoms with E-state index < -0.39 is 6.10 Å². The van der Waals surface area contributed by atoms with Crippen LogP contribution < -0.4 is 5.32 Å². The largest absolute Gasteiger partial charge is 0.464 e. The molecule has 0 fully saturated rings. The van der Waals surface area contributed by atoms with Crippen LogP contribution in [-0.2, 0) is 11.3 Å². The second-order valence-corrected chi connectivity index (χ2v) is 6.36. The van der Waals surface area contributed by atoms with Gasteiger partial charge < -0.3 is 20.1 Å². The van der Waals surface area contributed by atoms with Crippen molar-refractivity contribution in [1.29, 1.82) is 0 Å². The molecule has 0 bridgehead atoms. The van der Waals surface area contributed by atoms with E-state index in [1.165, 1.54) is 11.8 Å². The lowest BCUT2D eigenvalue weighted by atomic mass is 10.2. The van der Waals surface area contributed by atoms with E-state index in [-0.39, 0.29) is 5.97 Å². The molecule has 1 unspecified atom stereocenters. The van der Waals surface area contributed by atoms with Gasteiger partial charge in [-0.15, -0.1) is 11.3 Å². The summed E-state index contributed by atoms with van der Waals surface area (Å²) in [4.78, 5) is 15.2. The van der Waals surface area contributed by atoms with Crippen LogP contribution in [0, 0.1) is 0 Å². The number of aliphatic hydroxyl groups is 1. The van der Waals surface area contributed by atoms with E-state index in [4.69, 9.17) is 0 Å². The average Bonchev–Trinajstić information content (AvgIpc) is 3.20. The quantitative estimate of drug-likeness (QED) is 0.608. The summed E-state index contributed by atoms with van der Waals surface area (Å²) in [6.45, 7) is 1.01. The number of nitrogens with one attached hydrogen (secondary N) is 2. The Hall–Kier alpha value is -2.15. The Kier molecular flexibility index (Phi) is 4.76. The number of benzene rings is 1. The van der Waals surface area contributed by atoms with Gasteiger partial charge in [0.2, 0.25) is 0 Å². The number of aromatic amines is 1. The standard InChI is InChI=1S/C17H18N2O3S/c1-22-17(21)13-6-11(9-19-13)8-18-10-14(20)16-7-12-4-2-3-5-15(12)23-16/h2-7,9,14,18-20H,8,10H2,1H3. The summed E-state index contributed by atoms with van der Waals surface area (Å²) in [6, 6.07) is 11.9. The molecule has 120 valence electrons. The number of thiophene rings is 1. The lowest BCUT2D eigenvalue weighted by molar-refractivity contribution is 0.0595. The summed E-state index contributed by atoms with van der Waals surface area (Å²) in [7, 11) is 1.35. The summed E-state index contributed by atoms with van der Waals surface area (Å²) in [5.74, 6) is -0.387. The van der Waals surface area contributed by atoms with Crippen molar-refractivity contribution >= 4 is 27.4 Å². The molecule has 3 aromatic rings. The van der Waals surface area contributed by atoms with E-state index >= 15 is 0 Å². The smallest absolute Gasteiger partial charge is 0.354 e. The molecule has 0 spiro atoms.